The van der Waals surface area contributed by atoms with E-state index in [9.17, 15) is 9.90 Å². The molecule has 0 saturated heterocycles. The number of benzene rings is 1. The first-order valence-electron chi connectivity index (χ1n) is 7.22. The number of aliphatic hydroxyl groups excluding tert-OH is 1. The summed E-state index contributed by atoms with van der Waals surface area (Å²) in [6.45, 7) is 0. The van der Waals surface area contributed by atoms with Gasteiger partial charge in [-0.25, -0.2) is 4.79 Å². The monoisotopic (exact) mass is 328 g/mol. The van der Waals surface area contributed by atoms with Gasteiger partial charge in [0.05, 0.1) is 37.1 Å². The van der Waals surface area contributed by atoms with Gasteiger partial charge in [0.25, 0.3) is 0 Å². The number of rotatable bonds is 4. The molecule has 0 aliphatic heterocycles. The van der Waals surface area contributed by atoms with E-state index < -0.39 is 12.1 Å². The van der Waals surface area contributed by atoms with Crippen molar-refractivity contribution in [2.45, 2.75) is 37.8 Å². The second-order valence-electron chi connectivity index (χ2n) is 5.24. The van der Waals surface area contributed by atoms with Gasteiger partial charge in [0, 0.05) is 12.1 Å². The molecule has 1 saturated carbocycles. The minimum Gasteiger partial charge on any atom is -0.495 e. The van der Waals surface area contributed by atoms with Crippen molar-refractivity contribution in [1.29, 1.82) is 0 Å². The van der Waals surface area contributed by atoms with Crippen LogP contribution in [-0.2, 0) is 0 Å². The smallest absolute Gasteiger partial charge is 0.319 e. The summed E-state index contributed by atoms with van der Waals surface area (Å²) in [5.41, 5.74) is 0.451. The number of methoxy groups -OCH3 is 2. The Labute approximate surface area is 134 Å². The molecule has 1 fully saturated rings. The molecule has 1 aliphatic rings. The summed E-state index contributed by atoms with van der Waals surface area (Å²) >= 11 is 6.03. The van der Waals surface area contributed by atoms with Crippen molar-refractivity contribution < 1.29 is 19.4 Å². The number of carbonyl (C=O) groups excluding carboxylic acids is 1. The van der Waals surface area contributed by atoms with Crippen LogP contribution in [0, 0.1) is 0 Å². The van der Waals surface area contributed by atoms with Crippen LogP contribution in [0.15, 0.2) is 12.1 Å². The topological polar surface area (TPSA) is 79.8 Å². The maximum absolute atomic E-state index is 12.1. The minimum absolute atomic E-state index is 0.228. The number of amides is 2. The molecule has 1 aromatic carbocycles. The molecule has 2 rings (SSSR count). The second-order valence-corrected chi connectivity index (χ2v) is 5.65. The summed E-state index contributed by atoms with van der Waals surface area (Å²) < 4.78 is 10.3. The number of ether oxygens (including phenoxy) is 2. The van der Waals surface area contributed by atoms with Crippen LogP contribution in [0.4, 0.5) is 10.5 Å². The predicted molar refractivity (Wildman–Crippen MR) is 85.0 cm³/mol. The Morgan fingerprint density at radius 2 is 1.91 bits per heavy atom. The molecule has 0 bridgehead atoms. The van der Waals surface area contributed by atoms with Crippen molar-refractivity contribution in [1.82, 2.24) is 5.32 Å². The van der Waals surface area contributed by atoms with E-state index in [4.69, 9.17) is 21.1 Å². The summed E-state index contributed by atoms with van der Waals surface area (Å²) in [5, 5.41) is 15.8. The Morgan fingerprint density at radius 1 is 1.23 bits per heavy atom. The highest BCUT2D eigenvalue weighted by molar-refractivity contribution is 6.32. The van der Waals surface area contributed by atoms with Crippen LogP contribution in [-0.4, -0.2) is 37.5 Å². The van der Waals surface area contributed by atoms with Crippen LogP contribution in [0.5, 0.6) is 11.5 Å². The zero-order valence-electron chi connectivity index (χ0n) is 12.7. The van der Waals surface area contributed by atoms with E-state index >= 15 is 0 Å². The van der Waals surface area contributed by atoms with E-state index in [1.54, 1.807) is 12.1 Å². The van der Waals surface area contributed by atoms with Gasteiger partial charge in [0.2, 0.25) is 0 Å². The Balaban J connectivity index is 2.07. The van der Waals surface area contributed by atoms with Crippen LogP contribution in [0.25, 0.3) is 0 Å². The standard InChI is InChI=1S/C15H21ClN2O4/c1-21-13-8-11(14(22-2)7-9(13)16)18-15(20)17-10-5-3-4-6-12(10)19/h7-8,10,12,19H,3-6H2,1-2H3,(H2,17,18,20). The van der Waals surface area contributed by atoms with Gasteiger partial charge in [-0.1, -0.05) is 24.4 Å². The lowest BCUT2D eigenvalue weighted by molar-refractivity contribution is 0.0955. The average Bonchev–Trinajstić information content (AvgIpc) is 2.50. The van der Waals surface area contributed by atoms with E-state index in [1.807, 2.05) is 0 Å². The van der Waals surface area contributed by atoms with Crippen molar-refractivity contribution in [3.05, 3.63) is 17.2 Å². The average molecular weight is 329 g/mol. The van der Waals surface area contributed by atoms with Gasteiger partial charge in [0.1, 0.15) is 11.5 Å². The summed E-state index contributed by atoms with van der Waals surface area (Å²) in [4.78, 5) is 12.1. The Bertz CT molecular complexity index is 539. The third kappa shape index (κ3) is 3.96. The molecule has 7 heteroatoms. The number of carbonyl (C=O) groups is 1. The first kappa shape index (κ1) is 16.7. The van der Waals surface area contributed by atoms with Crippen molar-refractivity contribution >= 4 is 23.3 Å². The largest absolute Gasteiger partial charge is 0.495 e. The van der Waals surface area contributed by atoms with Crippen LogP contribution in [0.3, 0.4) is 0 Å². The van der Waals surface area contributed by atoms with Crippen LogP contribution < -0.4 is 20.1 Å². The van der Waals surface area contributed by atoms with Crippen molar-refractivity contribution in [3.63, 3.8) is 0 Å². The van der Waals surface area contributed by atoms with Gasteiger partial charge in [-0.3, -0.25) is 0 Å². The van der Waals surface area contributed by atoms with Gasteiger partial charge >= 0.3 is 6.03 Å². The zero-order valence-corrected chi connectivity index (χ0v) is 13.4. The zero-order chi connectivity index (χ0) is 16.1. The number of hydrogen-bond donors (Lipinski definition) is 3. The number of hydrogen-bond acceptors (Lipinski definition) is 4. The van der Waals surface area contributed by atoms with Gasteiger partial charge in [0.15, 0.2) is 0 Å². The van der Waals surface area contributed by atoms with Gasteiger partial charge in [-0.05, 0) is 12.8 Å². The molecular formula is C15H21ClN2O4. The summed E-state index contributed by atoms with van der Waals surface area (Å²) in [6.07, 6.45) is 2.98. The van der Waals surface area contributed by atoms with Crippen molar-refractivity contribution in [2.75, 3.05) is 19.5 Å². The highest BCUT2D eigenvalue weighted by Crippen LogP contribution is 2.35. The van der Waals surface area contributed by atoms with Crippen LogP contribution in [0.1, 0.15) is 25.7 Å². The maximum atomic E-state index is 12.1. The lowest BCUT2D eigenvalue weighted by Crippen LogP contribution is -2.46. The van der Waals surface area contributed by atoms with Gasteiger partial charge < -0.3 is 25.2 Å². The number of nitrogens with one attached hydrogen (secondary N) is 2. The summed E-state index contributed by atoms with van der Waals surface area (Å²) in [5.74, 6) is 0.876. The fourth-order valence-electron chi connectivity index (χ4n) is 2.56. The van der Waals surface area contributed by atoms with E-state index in [0.717, 1.165) is 19.3 Å². The third-order valence-corrected chi connectivity index (χ3v) is 4.06. The number of urea groups is 1. The van der Waals surface area contributed by atoms with E-state index in [2.05, 4.69) is 10.6 Å². The molecule has 3 N–H and O–H groups in total. The number of halogens is 1. The Hall–Kier alpha value is -1.66. The Morgan fingerprint density at radius 3 is 2.55 bits per heavy atom. The van der Waals surface area contributed by atoms with Crippen molar-refractivity contribution in [3.8, 4) is 11.5 Å². The second kappa shape index (κ2) is 7.56. The third-order valence-electron chi connectivity index (χ3n) is 3.77. The fraction of sp³-hybridized carbons (Fsp3) is 0.533. The molecule has 0 radical (unpaired) electrons. The molecule has 1 aliphatic carbocycles. The molecule has 0 spiro atoms. The molecule has 0 heterocycles. The molecule has 2 unspecified atom stereocenters. The molecule has 1 aromatic rings. The SMILES string of the molecule is COc1cc(NC(=O)NC2CCCCC2O)c(OC)cc1Cl. The molecule has 22 heavy (non-hydrogen) atoms. The maximum Gasteiger partial charge on any atom is 0.319 e. The van der Waals surface area contributed by atoms with E-state index in [1.165, 1.54) is 14.2 Å². The first-order chi connectivity index (χ1) is 10.5. The minimum atomic E-state index is -0.499. The van der Waals surface area contributed by atoms with E-state index in [-0.39, 0.29) is 6.04 Å². The highest BCUT2D eigenvalue weighted by atomic mass is 35.5. The Kier molecular flexibility index (Phi) is 5.74. The summed E-state index contributed by atoms with van der Waals surface area (Å²) in [6, 6.07) is 2.55. The predicted octanol–water partition coefficient (Wildman–Crippen LogP) is 2.78. The molecule has 2 atom stereocenters. The van der Waals surface area contributed by atoms with Crippen LogP contribution >= 0.6 is 11.6 Å². The highest BCUT2D eigenvalue weighted by Gasteiger charge is 2.24. The summed E-state index contributed by atoms with van der Waals surface area (Å²) in [7, 11) is 2.99. The molecule has 122 valence electrons. The molecular weight excluding hydrogens is 308 g/mol. The van der Waals surface area contributed by atoms with Crippen LogP contribution in [0.2, 0.25) is 5.02 Å². The van der Waals surface area contributed by atoms with E-state index in [0.29, 0.717) is 28.6 Å². The van der Waals surface area contributed by atoms with Gasteiger partial charge in [-0.2, -0.15) is 0 Å². The molecule has 0 aromatic heterocycles. The lowest BCUT2D eigenvalue weighted by atomic mass is 9.93. The molecule has 2 amide bonds. The van der Waals surface area contributed by atoms with Gasteiger partial charge in [-0.15, -0.1) is 0 Å². The quantitative estimate of drug-likeness (QED) is 0.794. The first-order valence-corrected chi connectivity index (χ1v) is 7.60. The normalized spacial score (nSPS) is 21.1. The number of aliphatic hydroxyl groups is 1. The lowest BCUT2D eigenvalue weighted by Gasteiger charge is -2.28. The van der Waals surface area contributed by atoms with Crippen molar-refractivity contribution in [2.24, 2.45) is 0 Å². The molecule has 6 nitrogen and oxygen atoms in total. The fourth-order valence-corrected chi connectivity index (χ4v) is 2.80. The number of anilines is 1.